The molecule has 0 atom stereocenters. The highest BCUT2D eigenvalue weighted by molar-refractivity contribution is 5.94. The van der Waals surface area contributed by atoms with E-state index in [9.17, 15) is 14.4 Å². The number of carboxylic acid groups (broad SMARTS) is 1. The first kappa shape index (κ1) is 11.6. The van der Waals surface area contributed by atoms with Gasteiger partial charge in [-0.05, 0) is 13.8 Å². The molecule has 0 saturated carbocycles. The standard InChI is InChI=1S/C9H12O4/c1-6(10)3-4-8(9(12)13)5-7(2)11/h4H,3,5H2,1-2H3,(H,12,13). The molecule has 13 heavy (non-hydrogen) atoms. The summed E-state index contributed by atoms with van der Waals surface area (Å²) in [4.78, 5) is 31.7. The lowest BCUT2D eigenvalue weighted by atomic mass is 10.1. The van der Waals surface area contributed by atoms with Crippen LogP contribution in [0.2, 0.25) is 0 Å². The molecule has 0 saturated heterocycles. The predicted octanol–water partition coefficient (Wildman–Crippen LogP) is 0.956. The summed E-state index contributed by atoms with van der Waals surface area (Å²) in [6.07, 6.45) is 1.23. The molecule has 0 rings (SSSR count). The molecule has 0 heterocycles. The third-order valence-electron chi connectivity index (χ3n) is 1.35. The first-order chi connectivity index (χ1) is 5.93. The number of carboxylic acids is 1. The van der Waals surface area contributed by atoms with Crippen molar-refractivity contribution in [1.82, 2.24) is 0 Å². The summed E-state index contributed by atoms with van der Waals surface area (Å²) in [5.41, 5.74) is -0.0114. The Bertz CT molecular complexity index is 263. The van der Waals surface area contributed by atoms with Crippen LogP contribution >= 0.6 is 0 Å². The molecular formula is C9H12O4. The number of ketones is 2. The minimum absolute atomic E-state index is 0.0114. The van der Waals surface area contributed by atoms with Crippen LogP contribution in [0.15, 0.2) is 11.6 Å². The molecular weight excluding hydrogens is 172 g/mol. The SMILES string of the molecule is CC(=O)CC=C(CC(C)=O)C(=O)O. The molecule has 0 radical (unpaired) electrons. The zero-order chi connectivity index (χ0) is 10.4. The van der Waals surface area contributed by atoms with Crippen molar-refractivity contribution in [3.8, 4) is 0 Å². The Balaban J connectivity index is 4.41. The molecule has 0 bridgehead atoms. The summed E-state index contributed by atoms with van der Waals surface area (Å²) in [5, 5.41) is 8.60. The molecule has 0 aromatic heterocycles. The van der Waals surface area contributed by atoms with Gasteiger partial charge in [-0.3, -0.25) is 9.59 Å². The van der Waals surface area contributed by atoms with Crippen LogP contribution in [0.25, 0.3) is 0 Å². The first-order valence-corrected chi connectivity index (χ1v) is 3.84. The minimum atomic E-state index is -1.14. The minimum Gasteiger partial charge on any atom is -0.478 e. The van der Waals surface area contributed by atoms with Gasteiger partial charge in [-0.15, -0.1) is 0 Å². The van der Waals surface area contributed by atoms with E-state index in [0.29, 0.717) is 0 Å². The highest BCUT2D eigenvalue weighted by Crippen LogP contribution is 2.04. The third kappa shape index (κ3) is 5.78. The van der Waals surface area contributed by atoms with Gasteiger partial charge in [0.05, 0.1) is 0 Å². The van der Waals surface area contributed by atoms with E-state index in [1.54, 1.807) is 0 Å². The van der Waals surface area contributed by atoms with Gasteiger partial charge in [0.2, 0.25) is 0 Å². The van der Waals surface area contributed by atoms with E-state index in [1.807, 2.05) is 0 Å². The Morgan fingerprint density at radius 2 is 1.69 bits per heavy atom. The van der Waals surface area contributed by atoms with Crippen molar-refractivity contribution in [3.05, 3.63) is 11.6 Å². The smallest absolute Gasteiger partial charge is 0.331 e. The number of hydrogen-bond donors (Lipinski definition) is 1. The zero-order valence-corrected chi connectivity index (χ0v) is 7.66. The van der Waals surface area contributed by atoms with Crippen LogP contribution < -0.4 is 0 Å². The number of Topliss-reactive ketones (excluding diaryl/α,β-unsaturated/α-hetero) is 2. The summed E-state index contributed by atoms with van der Waals surface area (Å²) in [6.45, 7) is 2.67. The highest BCUT2D eigenvalue weighted by atomic mass is 16.4. The summed E-state index contributed by atoms with van der Waals surface area (Å²) in [6, 6.07) is 0. The van der Waals surface area contributed by atoms with E-state index in [4.69, 9.17) is 5.11 Å². The molecule has 0 aliphatic rings. The lowest BCUT2D eigenvalue weighted by Crippen LogP contribution is -2.05. The summed E-state index contributed by atoms with van der Waals surface area (Å²) in [5.74, 6) is -1.49. The lowest BCUT2D eigenvalue weighted by Gasteiger charge is -1.97. The predicted molar refractivity (Wildman–Crippen MR) is 46.3 cm³/mol. The van der Waals surface area contributed by atoms with Crippen LogP contribution in [-0.4, -0.2) is 22.6 Å². The van der Waals surface area contributed by atoms with Crippen LogP contribution in [0, 0.1) is 0 Å². The summed E-state index contributed by atoms with van der Waals surface area (Å²) < 4.78 is 0. The van der Waals surface area contributed by atoms with Crippen molar-refractivity contribution in [2.45, 2.75) is 26.7 Å². The second-order valence-corrected chi connectivity index (χ2v) is 2.82. The van der Waals surface area contributed by atoms with Gasteiger partial charge in [-0.25, -0.2) is 4.79 Å². The van der Waals surface area contributed by atoms with Gasteiger partial charge < -0.3 is 5.11 Å². The maximum absolute atomic E-state index is 10.6. The second-order valence-electron chi connectivity index (χ2n) is 2.82. The van der Waals surface area contributed by atoms with Gasteiger partial charge in [0.25, 0.3) is 0 Å². The first-order valence-electron chi connectivity index (χ1n) is 3.84. The largest absolute Gasteiger partial charge is 0.478 e. The maximum atomic E-state index is 10.6. The number of aliphatic carboxylic acids is 1. The van der Waals surface area contributed by atoms with Crippen LogP contribution in [0.5, 0.6) is 0 Å². The molecule has 72 valence electrons. The van der Waals surface area contributed by atoms with Gasteiger partial charge >= 0.3 is 5.97 Å². The fraction of sp³-hybridized carbons (Fsp3) is 0.444. The van der Waals surface area contributed by atoms with E-state index < -0.39 is 5.97 Å². The molecule has 0 aliphatic carbocycles. The van der Waals surface area contributed by atoms with Crippen molar-refractivity contribution in [1.29, 1.82) is 0 Å². The fourth-order valence-electron chi connectivity index (χ4n) is 0.770. The highest BCUT2D eigenvalue weighted by Gasteiger charge is 2.09. The number of carbonyl (C=O) groups is 3. The molecule has 0 unspecified atom stereocenters. The Hall–Kier alpha value is -1.45. The zero-order valence-electron chi connectivity index (χ0n) is 7.66. The Morgan fingerprint density at radius 1 is 1.15 bits per heavy atom. The normalized spacial score (nSPS) is 11.1. The molecule has 4 heteroatoms. The number of rotatable bonds is 5. The van der Waals surface area contributed by atoms with Crippen molar-refractivity contribution >= 4 is 17.5 Å². The lowest BCUT2D eigenvalue weighted by molar-refractivity contribution is -0.133. The maximum Gasteiger partial charge on any atom is 0.331 e. The van der Waals surface area contributed by atoms with E-state index in [1.165, 1.54) is 19.9 Å². The Kier molecular flexibility index (Phi) is 4.66. The number of allylic oxidation sites excluding steroid dienone is 1. The van der Waals surface area contributed by atoms with Crippen molar-refractivity contribution in [2.24, 2.45) is 0 Å². The van der Waals surface area contributed by atoms with Gasteiger partial charge in [0, 0.05) is 18.4 Å². The molecule has 4 nitrogen and oxygen atoms in total. The van der Waals surface area contributed by atoms with Crippen LogP contribution in [0.3, 0.4) is 0 Å². The fourth-order valence-corrected chi connectivity index (χ4v) is 0.770. The average Bonchev–Trinajstić information content (AvgIpc) is 1.96. The van der Waals surface area contributed by atoms with E-state index in [0.717, 1.165) is 0 Å². The molecule has 0 fully saturated rings. The van der Waals surface area contributed by atoms with Gasteiger partial charge in [-0.2, -0.15) is 0 Å². The van der Waals surface area contributed by atoms with Crippen molar-refractivity contribution in [3.63, 3.8) is 0 Å². The van der Waals surface area contributed by atoms with E-state index in [-0.39, 0.29) is 30.0 Å². The monoisotopic (exact) mass is 184 g/mol. The van der Waals surface area contributed by atoms with Crippen molar-refractivity contribution < 1.29 is 19.5 Å². The second kappa shape index (κ2) is 5.24. The van der Waals surface area contributed by atoms with E-state index in [2.05, 4.69) is 0 Å². The molecule has 0 spiro atoms. The molecule has 0 aromatic rings. The van der Waals surface area contributed by atoms with Gasteiger partial charge in [0.1, 0.15) is 11.6 Å². The average molecular weight is 184 g/mol. The number of carbonyl (C=O) groups excluding carboxylic acids is 2. The summed E-state index contributed by atoms with van der Waals surface area (Å²) in [7, 11) is 0. The molecule has 0 aromatic carbocycles. The third-order valence-corrected chi connectivity index (χ3v) is 1.35. The van der Waals surface area contributed by atoms with Crippen LogP contribution in [0.4, 0.5) is 0 Å². The topological polar surface area (TPSA) is 71.4 Å². The quantitative estimate of drug-likeness (QED) is 0.646. The Labute approximate surface area is 76.2 Å². The van der Waals surface area contributed by atoms with E-state index >= 15 is 0 Å². The van der Waals surface area contributed by atoms with Crippen molar-refractivity contribution in [2.75, 3.05) is 0 Å². The number of hydrogen-bond acceptors (Lipinski definition) is 3. The Morgan fingerprint density at radius 3 is 2.00 bits per heavy atom. The molecule has 0 amide bonds. The van der Waals surface area contributed by atoms with Gasteiger partial charge in [-0.1, -0.05) is 6.08 Å². The van der Waals surface area contributed by atoms with Crippen LogP contribution in [-0.2, 0) is 14.4 Å². The molecule has 1 N–H and O–H groups in total. The van der Waals surface area contributed by atoms with Crippen LogP contribution in [0.1, 0.15) is 26.7 Å². The summed E-state index contributed by atoms with van der Waals surface area (Å²) >= 11 is 0. The van der Waals surface area contributed by atoms with Gasteiger partial charge in [0.15, 0.2) is 0 Å². The molecule has 0 aliphatic heterocycles.